The minimum absolute atomic E-state index is 0.148. The number of carbonyl (C=O) groups is 1. The first-order valence-electron chi connectivity index (χ1n) is 4.72. The Balaban J connectivity index is 2.53. The van der Waals surface area contributed by atoms with Gasteiger partial charge in [-0.2, -0.15) is 0 Å². The zero-order valence-electron chi connectivity index (χ0n) is 8.84. The number of benzene rings is 1. The van der Waals surface area contributed by atoms with Gasteiger partial charge in [-0.05, 0) is 18.6 Å². The van der Waals surface area contributed by atoms with Crippen LogP contribution in [-0.2, 0) is 0 Å². The average molecular weight is 235 g/mol. The molecule has 0 radical (unpaired) electrons. The highest BCUT2D eigenvalue weighted by atomic mass is 16.5. The molecule has 1 aromatic carbocycles. The summed E-state index contributed by atoms with van der Waals surface area (Å²) in [6.07, 6.45) is 0. The van der Waals surface area contributed by atoms with Gasteiger partial charge >= 0.3 is 5.97 Å². The minimum atomic E-state index is -1.25. The van der Waals surface area contributed by atoms with Crippen LogP contribution in [0.2, 0.25) is 0 Å². The van der Waals surface area contributed by atoms with Gasteiger partial charge in [-0.15, -0.1) is 0 Å². The number of aryl methyl sites for hydroxylation is 1. The molecule has 2 aromatic rings. The van der Waals surface area contributed by atoms with Gasteiger partial charge in [0.1, 0.15) is 5.69 Å². The first-order chi connectivity index (χ1) is 8.00. The number of hydrogen-bond acceptors (Lipinski definition) is 5. The molecule has 88 valence electrons. The second kappa shape index (κ2) is 3.82. The molecular formula is C11H9NO5. The van der Waals surface area contributed by atoms with Gasteiger partial charge in [-0.3, -0.25) is 0 Å². The zero-order valence-corrected chi connectivity index (χ0v) is 8.84. The Bertz CT molecular complexity index is 588. The fourth-order valence-electron chi connectivity index (χ4n) is 1.39. The van der Waals surface area contributed by atoms with Crippen LogP contribution >= 0.6 is 0 Å². The molecule has 0 amide bonds. The largest absolute Gasteiger partial charge is 0.504 e. The van der Waals surface area contributed by atoms with Gasteiger partial charge in [0.15, 0.2) is 11.5 Å². The number of phenols is 2. The summed E-state index contributed by atoms with van der Waals surface area (Å²) in [7, 11) is 0. The second-order valence-electron chi connectivity index (χ2n) is 3.51. The smallest absolute Gasteiger partial charge is 0.374 e. The van der Waals surface area contributed by atoms with Crippen LogP contribution in [0.3, 0.4) is 0 Å². The van der Waals surface area contributed by atoms with Crippen molar-refractivity contribution in [2.24, 2.45) is 0 Å². The quantitative estimate of drug-likeness (QED) is 0.685. The van der Waals surface area contributed by atoms with Crippen molar-refractivity contribution in [2.45, 2.75) is 6.92 Å². The number of rotatable bonds is 2. The molecule has 0 fully saturated rings. The average Bonchev–Trinajstić information content (AvgIpc) is 2.75. The van der Waals surface area contributed by atoms with Crippen molar-refractivity contribution in [3.63, 3.8) is 0 Å². The summed E-state index contributed by atoms with van der Waals surface area (Å²) in [6, 6.07) is 4.28. The third-order valence-corrected chi connectivity index (χ3v) is 2.35. The van der Waals surface area contributed by atoms with Crippen molar-refractivity contribution in [1.29, 1.82) is 0 Å². The lowest BCUT2D eigenvalue weighted by molar-refractivity contribution is 0.0652. The van der Waals surface area contributed by atoms with Gasteiger partial charge in [0, 0.05) is 11.6 Å². The third-order valence-electron chi connectivity index (χ3n) is 2.35. The van der Waals surface area contributed by atoms with Crippen LogP contribution in [0.5, 0.6) is 11.5 Å². The number of carboxylic acid groups (broad SMARTS) is 1. The van der Waals surface area contributed by atoms with E-state index in [9.17, 15) is 15.0 Å². The molecule has 3 N–H and O–H groups in total. The fourth-order valence-corrected chi connectivity index (χ4v) is 1.39. The molecule has 1 heterocycles. The zero-order chi connectivity index (χ0) is 12.6. The van der Waals surface area contributed by atoms with E-state index in [0.717, 1.165) is 0 Å². The monoisotopic (exact) mass is 235 g/mol. The molecule has 0 aliphatic carbocycles. The Kier molecular flexibility index (Phi) is 2.47. The third kappa shape index (κ3) is 1.80. The van der Waals surface area contributed by atoms with Crippen LogP contribution in [0.1, 0.15) is 16.1 Å². The minimum Gasteiger partial charge on any atom is -0.504 e. The van der Waals surface area contributed by atoms with Crippen LogP contribution in [0.15, 0.2) is 22.7 Å². The number of phenolic OH excluding ortho intramolecular Hbond substituents is 2. The van der Waals surface area contributed by atoms with E-state index in [0.29, 0.717) is 5.56 Å². The second-order valence-corrected chi connectivity index (χ2v) is 3.51. The number of aromatic nitrogens is 1. The van der Waals surface area contributed by atoms with E-state index in [1.165, 1.54) is 12.1 Å². The molecule has 0 saturated carbocycles. The van der Waals surface area contributed by atoms with Gasteiger partial charge in [0.05, 0.1) is 0 Å². The number of aromatic hydroxyl groups is 2. The van der Waals surface area contributed by atoms with E-state index in [1.807, 2.05) is 0 Å². The predicted molar refractivity (Wildman–Crippen MR) is 57.0 cm³/mol. The number of carboxylic acids is 1. The van der Waals surface area contributed by atoms with E-state index >= 15 is 0 Å². The Labute approximate surface area is 95.7 Å². The Hall–Kier alpha value is -2.50. The molecule has 0 saturated heterocycles. The SMILES string of the molecule is Cc1ccc(-c2cc(C(=O)O)on2)c(O)c1O. The summed E-state index contributed by atoms with van der Waals surface area (Å²) in [6.45, 7) is 1.63. The van der Waals surface area contributed by atoms with E-state index in [4.69, 9.17) is 5.11 Å². The van der Waals surface area contributed by atoms with Gasteiger partial charge in [-0.25, -0.2) is 4.79 Å². The van der Waals surface area contributed by atoms with Crippen molar-refractivity contribution in [3.05, 3.63) is 29.5 Å². The standard InChI is InChI=1S/C11H9NO5/c1-5-2-3-6(10(14)9(5)13)7-4-8(11(15)16)17-12-7/h2-4,13-14H,1H3,(H,15,16). The van der Waals surface area contributed by atoms with Crippen molar-refractivity contribution in [1.82, 2.24) is 5.16 Å². The van der Waals surface area contributed by atoms with Crippen molar-refractivity contribution >= 4 is 5.97 Å². The number of aromatic carboxylic acids is 1. The molecule has 0 spiro atoms. The van der Waals surface area contributed by atoms with Crippen LogP contribution in [0, 0.1) is 6.92 Å². The van der Waals surface area contributed by atoms with Gasteiger partial charge in [0.2, 0.25) is 5.76 Å². The first kappa shape index (κ1) is 11.0. The summed E-state index contributed by atoms with van der Waals surface area (Å²) in [5, 5.41) is 31.4. The molecule has 1 aromatic heterocycles. The molecular weight excluding hydrogens is 226 g/mol. The topological polar surface area (TPSA) is 104 Å². The molecule has 0 aliphatic heterocycles. The number of hydrogen-bond donors (Lipinski definition) is 3. The molecule has 17 heavy (non-hydrogen) atoms. The van der Waals surface area contributed by atoms with Crippen molar-refractivity contribution < 1.29 is 24.6 Å². The first-order valence-corrected chi connectivity index (χ1v) is 4.72. The van der Waals surface area contributed by atoms with Crippen LogP contribution in [-0.4, -0.2) is 26.4 Å². The van der Waals surface area contributed by atoms with Crippen molar-refractivity contribution in [3.8, 4) is 22.8 Å². The lowest BCUT2D eigenvalue weighted by Crippen LogP contribution is -1.91. The van der Waals surface area contributed by atoms with Gasteiger partial charge < -0.3 is 19.8 Å². The summed E-state index contributed by atoms with van der Waals surface area (Å²) < 4.78 is 4.56. The molecule has 6 nitrogen and oxygen atoms in total. The molecule has 6 heteroatoms. The molecule has 0 unspecified atom stereocenters. The fraction of sp³-hybridized carbons (Fsp3) is 0.0909. The molecule has 0 bridgehead atoms. The lowest BCUT2D eigenvalue weighted by atomic mass is 10.1. The maximum atomic E-state index is 10.6. The number of nitrogens with zero attached hydrogens (tertiary/aromatic N) is 1. The Morgan fingerprint density at radius 3 is 2.59 bits per heavy atom. The Morgan fingerprint density at radius 2 is 2.00 bits per heavy atom. The maximum Gasteiger partial charge on any atom is 0.374 e. The molecule has 2 rings (SSSR count). The Morgan fingerprint density at radius 1 is 1.29 bits per heavy atom. The van der Waals surface area contributed by atoms with E-state index in [2.05, 4.69) is 9.68 Å². The molecule has 0 aliphatic rings. The van der Waals surface area contributed by atoms with E-state index in [1.54, 1.807) is 13.0 Å². The highest BCUT2D eigenvalue weighted by Crippen LogP contribution is 2.38. The molecule has 0 atom stereocenters. The predicted octanol–water partition coefficient (Wildman–Crippen LogP) is 1.76. The summed E-state index contributed by atoms with van der Waals surface area (Å²) in [4.78, 5) is 10.6. The highest BCUT2D eigenvalue weighted by molar-refractivity contribution is 5.86. The van der Waals surface area contributed by atoms with E-state index < -0.39 is 5.97 Å². The van der Waals surface area contributed by atoms with Crippen LogP contribution in [0.25, 0.3) is 11.3 Å². The highest BCUT2D eigenvalue weighted by Gasteiger charge is 2.17. The summed E-state index contributed by atoms with van der Waals surface area (Å²) in [5.41, 5.74) is 0.868. The normalized spacial score (nSPS) is 10.4. The van der Waals surface area contributed by atoms with E-state index in [-0.39, 0.29) is 28.5 Å². The summed E-state index contributed by atoms with van der Waals surface area (Å²) >= 11 is 0. The van der Waals surface area contributed by atoms with Crippen LogP contribution < -0.4 is 0 Å². The lowest BCUT2D eigenvalue weighted by Gasteiger charge is -2.05. The maximum absolute atomic E-state index is 10.6. The summed E-state index contributed by atoms with van der Waals surface area (Å²) in [5.74, 6) is -2.20. The van der Waals surface area contributed by atoms with Gasteiger partial charge in [0.25, 0.3) is 0 Å². The van der Waals surface area contributed by atoms with Gasteiger partial charge in [-0.1, -0.05) is 11.2 Å². The van der Waals surface area contributed by atoms with Crippen molar-refractivity contribution in [2.75, 3.05) is 0 Å². The van der Waals surface area contributed by atoms with Crippen LogP contribution in [0.4, 0.5) is 0 Å².